The van der Waals surface area contributed by atoms with Crippen LogP contribution in [0.25, 0.3) is 0 Å². The maximum absolute atomic E-state index is 13.8. The molecule has 0 radical (unpaired) electrons. The van der Waals surface area contributed by atoms with E-state index in [1.807, 2.05) is 44.2 Å². The lowest BCUT2D eigenvalue weighted by molar-refractivity contribution is -0.140. The molecule has 2 aromatic rings. The summed E-state index contributed by atoms with van der Waals surface area (Å²) < 4.78 is 32.1. The molecule has 0 spiro atoms. The average Bonchev–Trinajstić information content (AvgIpc) is 2.86. The maximum atomic E-state index is 13.8. The summed E-state index contributed by atoms with van der Waals surface area (Å²) in [5, 5.41) is 2.92. The van der Waals surface area contributed by atoms with Crippen LogP contribution in [0.15, 0.2) is 48.5 Å². The molecule has 0 saturated heterocycles. The van der Waals surface area contributed by atoms with Gasteiger partial charge in [0.1, 0.15) is 18.3 Å². The second kappa shape index (κ2) is 13.6. The highest BCUT2D eigenvalue weighted by molar-refractivity contribution is 7.92. The first-order valence-corrected chi connectivity index (χ1v) is 14.9. The quantitative estimate of drug-likeness (QED) is 0.375. The number of hydrogen-bond acceptors (Lipinski definition) is 5. The van der Waals surface area contributed by atoms with Gasteiger partial charge in [-0.1, -0.05) is 65.3 Å². The molecule has 0 aliphatic rings. The third kappa shape index (κ3) is 8.75. The minimum atomic E-state index is -3.78. The summed E-state index contributed by atoms with van der Waals surface area (Å²) >= 11 is 0. The third-order valence-electron chi connectivity index (χ3n) is 6.40. The first-order chi connectivity index (χ1) is 17.8. The van der Waals surface area contributed by atoms with E-state index in [1.54, 1.807) is 25.3 Å². The van der Waals surface area contributed by atoms with Crippen molar-refractivity contribution in [3.05, 3.63) is 59.7 Å². The first kappa shape index (κ1) is 31.1. The summed E-state index contributed by atoms with van der Waals surface area (Å²) in [5.74, 6) is -0.0830. The van der Waals surface area contributed by atoms with E-state index in [0.717, 1.165) is 34.5 Å². The predicted octanol–water partition coefficient (Wildman–Crippen LogP) is 4.48. The van der Waals surface area contributed by atoms with E-state index in [9.17, 15) is 18.0 Å². The zero-order chi connectivity index (χ0) is 28.5. The number of sulfonamides is 1. The molecular weight excluding hydrogens is 502 g/mol. The molecule has 9 heteroatoms. The van der Waals surface area contributed by atoms with Crippen LogP contribution < -0.4 is 14.4 Å². The van der Waals surface area contributed by atoms with Gasteiger partial charge in [0.05, 0.1) is 19.1 Å². The van der Waals surface area contributed by atoms with Gasteiger partial charge in [0, 0.05) is 13.1 Å². The molecule has 0 aromatic heterocycles. The highest BCUT2D eigenvalue weighted by Gasteiger charge is 2.31. The second-order valence-corrected chi connectivity index (χ2v) is 12.4. The molecule has 0 fully saturated rings. The van der Waals surface area contributed by atoms with Crippen LogP contribution in [0.1, 0.15) is 65.0 Å². The minimum Gasteiger partial charge on any atom is -0.497 e. The molecule has 0 unspecified atom stereocenters. The van der Waals surface area contributed by atoms with E-state index < -0.39 is 28.5 Å². The molecule has 2 amide bonds. The molecule has 0 heterocycles. The topological polar surface area (TPSA) is 96.0 Å². The molecule has 0 saturated carbocycles. The number of rotatable bonds is 13. The third-order valence-corrected chi connectivity index (χ3v) is 7.54. The molecule has 0 bridgehead atoms. The van der Waals surface area contributed by atoms with Crippen molar-refractivity contribution in [2.75, 3.05) is 30.8 Å². The van der Waals surface area contributed by atoms with Crippen molar-refractivity contribution in [3.8, 4) is 5.75 Å². The van der Waals surface area contributed by atoms with Crippen LogP contribution in [0.3, 0.4) is 0 Å². The van der Waals surface area contributed by atoms with E-state index >= 15 is 0 Å². The number of anilines is 1. The lowest BCUT2D eigenvalue weighted by Gasteiger charge is -2.33. The van der Waals surface area contributed by atoms with Gasteiger partial charge in [-0.15, -0.1) is 0 Å². The number of nitrogens with zero attached hydrogens (tertiary/aromatic N) is 2. The summed E-state index contributed by atoms with van der Waals surface area (Å²) in [6.07, 6.45) is 3.23. The Morgan fingerprint density at radius 2 is 1.71 bits per heavy atom. The fourth-order valence-electron chi connectivity index (χ4n) is 4.13. The molecular formula is C29H43N3O5S. The fourth-order valence-corrected chi connectivity index (χ4v) is 4.98. The summed E-state index contributed by atoms with van der Waals surface area (Å²) in [7, 11) is -2.22. The van der Waals surface area contributed by atoms with Crippen LogP contribution in [0.4, 0.5) is 5.69 Å². The zero-order valence-corrected chi connectivity index (χ0v) is 24.6. The Bertz CT molecular complexity index is 1170. The van der Waals surface area contributed by atoms with Crippen molar-refractivity contribution < 1.29 is 22.7 Å². The molecule has 38 heavy (non-hydrogen) atoms. The molecule has 210 valence electrons. The van der Waals surface area contributed by atoms with Crippen molar-refractivity contribution in [2.45, 2.75) is 71.9 Å². The van der Waals surface area contributed by atoms with Gasteiger partial charge in [0.25, 0.3) is 0 Å². The lowest BCUT2D eigenvalue weighted by Crippen LogP contribution is -2.52. The largest absolute Gasteiger partial charge is 0.497 e. The van der Waals surface area contributed by atoms with Crippen molar-refractivity contribution in [2.24, 2.45) is 0 Å². The first-order valence-electron chi connectivity index (χ1n) is 13.1. The molecule has 1 atom stereocenters. The second-order valence-electron chi connectivity index (χ2n) is 10.5. The predicted molar refractivity (Wildman–Crippen MR) is 153 cm³/mol. The van der Waals surface area contributed by atoms with Crippen LogP contribution in [0, 0.1) is 0 Å². The van der Waals surface area contributed by atoms with Crippen molar-refractivity contribution in [3.63, 3.8) is 0 Å². The van der Waals surface area contributed by atoms with E-state index in [1.165, 1.54) is 4.90 Å². The van der Waals surface area contributed by atoms with Gasteiger partial charge in [-0.05, 0) is 53.6 Å². The van der Waals surface area contributed by atoms with Gasteiger partial charge in [-0.25, -0.2) is 8.42 Å². The average molecular weight is 546 g/mol. The smallest absolute Gasteiger partial charge is 0.244 e. The monoisotopic (exact) mass is 545 g/mol. The van der Waals surface area contributed by atoms with Gasteiger partial charge in [-0.3, -0.25) is 13.9 Å². The number of carbonyl (C=O) groups is 2. The number of hydrogen-bond donors (Lipinski definition) is 1. The van der Waals surface area contributed by atoms with Gasteiger partial charge >= 0.3 is 0 Å². The molecule has 0 aliphatic heterocycles. The van der Waals surface area contributed by atoms with Gasteiger partial charge < -0.3 is 15.0 Å². The van der Waals surface area contributed by atoms with Crippen LogP contribution >= 0.6 is 0 Å². The molecule has 0 aliphatic carbocycles. The Hall–Kier alpha value is -3.07. The lowest BCUT2D eigenvalue weighted by atomic mass is 9.87. The minimum absolute atomic E-state index is 0.0999. The maximum Gasteiger partial charge on any atom is 0.244 e. The Morgan fingerprint density at radius 1 is 1.05 bits per heavy atom. The summed E-state index contributed by atoms with van der Waals surface area (Å²) in [6.45, 7) is 10.3. The van der Waals surface area contributed by atoms with Crippen LogP contribution in [-0.4, -0.2) is 57.6 Å². The molecule has 1 N–H and O–H groups in total. The number of amides is 2. The van der Waals surface area contributed by atoms with Gasteiger partial charge in [-0.2, -0.15) is 0 Å². The number of benzene rings is 2. The van der Waals surface area contributed by atoms with E-state index in [2.05, 4.69) is 26.1 Å². The number of nitrogens with one attached hydrogen (secondary N) is 1. The van der Waals surface area contributed by atoms with Crippen LogP contribution in [0.2, 0.25) is 0 Å². The highest BCUT2D eigenvalue weighted by atomic mass is 32.2. The van der Waals surface area contributed by atoms with Crippen LogP contribution in [-0.2, 0) is 31.6 Å². The summed E-state index contributed by atoms with van der Waals surface area (Å²) in [6, 6.07) is 13.7. The van der Waals surface area contributed by atoms with Crippen molar-refractivity contribution in [1.82, 2.24) is 10.2 Å². The zero-order valence-electron chi connectivity index (χ0n) is 23.8. The number of methoxy groups -OCH3 is 1. The van der Waals surface area contributed by atoms with Crippen molar-refractivity contribution >= 4 is 27.5 Å². The molecule has 8 nitrogen and oxygen atoms in total. The number of carbonyl (C=O) groups excluding carboxylic acids is 2. The normalized spacial score (nSPS) is 12.5. The Balaban J connectivity index is 2.43. The number of ether oxygens (including phenoxy) is 1. The van der Waals surface area contributed by atoms with E-state index in [0.29, 0.717) is 24.4 Å². The molecule has 2 aromatic carbocycles. The fraction of sp³-hybridized carbons (Fsp3) is 0.517. The van der Waals surface area contributed by atoms with E-state index in [4.69, 9.17) is 4.74 Å². The molecule has 2 rings (SSSR count). The van der Waals surface area contributed by atoms with Gasteiger partial charge in [0.2, 0.25) is 21.8 Å². The Kier molecular flexibility index (Phi) is 11.2. The van der Waals surface area contributed by atoms with Crippen LogP contribution in [0.5, 0.6) is 5.75 Å². The van der Waals surface area contributed by atoms with Gasteiger partial charge in [0.15, 0.2) is 0 Å². The number of unbranched alkanes of at least 4 members (excludes halogenated alkanes) is 1. The van der Waals surface area contributed by atoms with E-state index in [-0.39, 0.29) is 17.9 Å². The standard InChI is InChI=1S/C29H43N3O5S/c1-8-10-18-30-28(34)26(9-2)31(20-22-12-11-13-25(19-22)37-6)27(33)21-32(38(7,35)36)24-16-14-23(15-17-24)29(3,4)5/h11-17,19,26H,8-10,18,20-21H2,1-7H3,(H,30,34)/t26-/m1/s1. The SMILES string of the molecule is CCCCNC(=O)[C@@H](CC)N(Cc1cccc(OC)c1)C(=O)CN(c1ccc(C(C)(C)C)cc1)S(C)(=O)=O. The summed E-state index contributed by atoms with van der Waals surface area (Å²) in [4.78, 5) is 28.4. The Labute approximate surface area is 228 Å². The Morgan fingerprint density at radius 3 is 2.24 bits per heavy atom. The summed E-state index contributed by atoms with van der Waals surface area (Å²) in [5.41, 5.74) is 2.13. The van der Waals surface area contributed by atoms with Crippen molar-refractivity contribution in [1.29, 1.82) is 0 Å². The highest BCUT2D eigenvalue weighted by Crippen LogP contribution is 2.26.